The summed E-state index contributed by atoms with van der Waals surface area (Å²) in [5.41, 5.74) is 2.22. The molecule has 1 atom stereocenters. The first-order valence-electron chi connectivity index (χ1n) is 10.6. The molecule has 1 N–H and O–H groups in total. The van der Waals surface area contributed by atoms with E-state index in [-0.39, 0.29) is 5.97 Å². The Hall–Kier alpha value is -2.48. The van der Waals surface area contributed by atoms with Crippen molar-refractivity contribution in [2.75, 3.05) is 24.3 Å². The molecule has 0 aliphatic carbocycles. The highest BCUT2D eigenvalue weighted by Crippen LogP contribution is 2.37. The van der Waals surface area contributed by atoms with Gasteiger partial charge in [-0.25, -0.2) is 9.48 Å². The number of benzene rings is 1. The zero-order chi connectivity index (χ0) is 21.5. The van der Waals surface area contributed by atoms with Crippen LogP contribution >= 0.6 is 11.8 Å². The lowest BCUT2D eigenvalue weighted by Gasteiger charge is -2.28. The number of allylic oxidation sites excluding steroid dienone is 1. The fraction of sp³-hybridized carbons (Fsp3) is 0.500. The van der Waals surface area contributed by atoms with E-state index in [2.05, 4.69) is 24.1 Å². The van der Waals surface area contributed by atoms with Gasteiger partial charge in [0.15, 0.2) is 0 Å². The van der Waals surface area contributed by atoms with Crippen LogP contribution in [0.15, 0.2) is 40.7 Å². The van der Waals surface area contributed by atoms with Crippen LogP contribution in [0.1, 0.15) is 58.6 Å². The summed E-state index contributed by atoms with van der Waals surface area (Å²) in [6.07, 6.45) is 2.76. The van der Waals surface area contributed by atoms with Crippen molar-refractivity contribution in [2.45, 2.75) is 58.2 Å². The van der Waals surface area contributed by atoms with E-state index in [1.165, 1.54) is 0 Å². The quantitative estimate of drug-likeness (QED) is 0.428. The van der Waals surface area contributed by atoms with Gasteiger partial charge in [0.05, 0.1) is 18.8 Å². The Morgan fingerprint density at radius 3 is 2.53 bits per heavy atom. The predicted molar refractivity (Wildman–Crippen MR) is 119 cm³/mol. The minimum Gasteiger partial charge on any atom is -0.494 e. The molecule has 30 heavy (non-hydrogen) atoms. The number of aromatic nitrogens is 3. The van der Waals surface area contributed by atoms with Gasteiger partial charge in [-0.05, 0) is 43.9 Å². The van der Waals surface area contributed by atoms with Crippen molar-refractivity contribution in [1.29, 1.82) is 0 Å². The Morgan fingerprint density at radius 1 is 1.13 bits per heavy atom. The second kappa shape index (κ2) is 10.5. The van der Waals surface area contributed by atoms with Crippen molar-refractivity contribution >= 4 is 23.7 Å². The average Bonchev–Trinajstić information content (AvgIpc) is 3.16. The molecule has 7 nitrogen and oxygen atoms in total. The van der Waals surface area contributed by atoms with E-state index in [1.807, 2.05) is 38.1 Å². The summed E-state index contributed by atoms with van der Waals surface area (Å²) in [7, 11) is 0. The number of ether oxygens (including phenoxy) is 2. The number of fused-ring (bicyclic) bond motifs is 1. The van der Waals surface area contributed by atoms with Crippen molar-refractivity contribution in [3.05, 3.63) is 41.1 Å². The average molecular weight is 431 g/mol. The standard InChI is InChI=1S/C22H30N4O3S/c1-5-12-28-17-10-8-16(9-11-17)19-18(20(27)29-13-6-2)15(4)23-21-24-22(25-26(19)21)30-14-7-3/h8-11,19H,5-7,12-14H2,1-4H3,(H,23,24,25). The van der Waals surface area contributed by atoms with Crippen LogP contribution in [0.2, 0.25) is 0 Å². The van der Waals surface area contributed by atoms with Gasteiger partial charge in [-0.3, -0.25) is 0 Å². The van der Waals surface area contributed by atoms with Crippen LogP contribution in [0, 0.1) is 0 Å². The van der Waals surface area contributed by atoms with Crippen LogP contribution in [0.5, 0.6) is 5.75 Å². The molecule has 1 unspecified atom stereocenters. The SMILES string of the molecule is CCCOC(=O)C1=C(C)Nc2nc(SCCC)nn2C1c1ccc(OCCC)cc1. The van der Waals surface area contributed by atoms with E-state index in [0.29, 0.717) is 29.9 Å². The highest BCUT2D eigenvalue weighted by molar-refractivity contribution is 7.99. The predicted octanol–water partition coefficient (Wildman–Crippen LogP) is 4.81. The third-order valence-corrected chi connectivity index (χ3v) is 5.64. The lowest BCUT2D eigenvalue weighted by atomic mass is 9.96. The summed E-state index contributed by atoms with van der Waals surface area (Å²) in [5.74, 6) is 2.05. The molecule has 8 heteroatoms. The van der Waals surface area contributed by atoms with E-state index >= 15 is 0 Å². The topological polar surface area (TPSA) is 78.3 Å². The summed E-state index contributed by atoms with van der Waals surface area (Å²) < 4.78 is 13.0. The summed E-state index contributed by atoms with van der Waals surface area (Å²) in [6.45, 7) is 9.11. The fourth-order valence-corrected chi connectivity index (χ4v) is 3.88. The molecule has 0 bridgehead atoms. The lowest BCUT2D eigenvalue weighted by molar-refractivity contribution is -0.139. The molecule has 1 aromatic heterocycles. The van der Waals surface area contributed by atoms with Gasteiger partial charge >= 0.3 is 5.97 Å². The Balaban J connectivity index is 1.99. The monoisotopic (exact) mass is 430 g/mol. The smallest absolute Gasteiger partial charge is 0.338 e. The van der Waals surface area contributed by atoms with Crippen molar-refractivity contribution < 1.29 is 14.3 Å². The second-order valence-electron chi connectivity index (χ2n) is 7.13. The number of nitrogens with zero attached hydrogens (tertiary/aromatic N) is 3. The molecule has 0 saturated carbocycles. The van der Waals surface area contributed by atoms with Crippen molar-refractivity contribution in [1.82, 2.24) is 14.8 Å². The first kappa shape index (κ1) is 22.2. The van der Waals surface area contributed by atoms with E-state index in [0.717, 1.165) is 42.0 Å². The number of esters is 1. The van der Waals surface area contributed by atoms with Crippen LogP contribution in [0.25, 0.3) is 0 Å². The van der Waals surface area contributed by atoms with E-state index in [4.69, 9.17) is 14.6 Å². The highest BCUT2D eigenvalue weighted by Gasteiger charge is 2.35. The third kappa shape index (κ3) is 4.98. The first-order chi connectivity index (χ1) is 14.6. The molecule has 1 aromatic carbocycles. The molecule has 2 aromatic rings. The van der Waals surface area contributed by atoms with Gasteiger partial charge in [0.1, 0.15) is 11.8 Å². The zero-order valence-corrected chi connectivity index (χ0v) is 18.9. The van der Waals surface area contributed by atoms with Crippen LogP contribution in [-0.2, 0) is 9.53 Å². The number of hydrogen-bond donors (Lipinski definition) is 1. The molecule has 1 aliphatic rings. The minimum atomic E-state index is -0.408. The molecular formula is C22H30N4O3S. The van der Waals surface area contributed by atoms with Crippen LogP contribution in [0.4, 0.5) is 5.95 Å². The van der Waals surface area contributed by atoms with Crippen molar-refractivity contribution in [2.24, 2.45) is 0 Å². The van der Waals surface area contributed by atoms with Gasteiger partial charge in [0.2, 0.25) is 11.1 Å². The zero-order valence-electron chi connectivity index (χ0n) is 18.1. The summed E-state index contributed by atoms with van der Waals surface area (Å²) in [5, 5.41) is 8.63. The van der Waals surface area contributed by atoms with Gasteiger partial charge in [-0.1, -0.05) is 44.7 Å². The maximum atomic E-state index is 12.9. The summed E-state index contributed by atoms with van der Waals surface area (Å²) in [4.78, 5) is 17.6. The fourth-order valence-electron chi connectivity index (χ4n) is 3.20. The molecule has 162 valence electrons. The molecule has 0 amide bonds. The van der Waals surface area contributed by atoms with E-state index < -0.39 is 6.04 Å². The molecule has 0 fully saturated rings. The Kier molecular flexibility index (Phi) is 7.79. The molecule has 0 saturated heterocycles. The molecular weight excluding hydrogens is 400 g/mol. The van der Waals surface area contributed by atoms with Gasteiger partial charge < -0.3 is 14.8 Å². The Morgan fingerprint density at radius 2 is 1.87 bits per heavy atom. The number of thioether (sulfide) groups is 1. The highest BCUT2D eigenvalue weighted by atomic mass is 32.2. The van der Waals surface area contributed by atoms with Gasteiger partial charge in [0.25, 0.3) is 0 Å². The van der Waals surface area contributed by atoms with Crippen LogP contribution in [-0.4, -0.2) is 39.7 Å². The van der Waals surface area contributed by atoms with Gasteiger partial charge in [-0.2, -0.15) is 4.98 Å². The largest absolute Gasteiger partial charge is 0.494 e. The number of carbonyl (C=O) groups excluding carboxylic acids is 1. The summed E-state index contributed by atoms with van der Waals surface area (Å²) >= 11 is 1.61. The number of hydrogen-bond acceptors (Lipinski definition) is 7. The number of rotatable bonds is 10. The first-order valence-corrected chi connectivity index (χ1v) is 11.5. The maximum absolute atomic E-state index is 12.9. The molecule has 0 radical (unpaired) electrons. The lowest BCUT2D eigenvalue weighted by Crippen LogP contribution is -2.29. The van der Waals surface area contributed by atoms with E-state index in [9.17, 15) is 4.79 Å². The van der Waals surface area contributed by atoms with Crippen molar-refractivity contribution in [3.63, 3.8) is 0 Å². The molecule has 1 aliphatic heterocycles. The minimum absolute atomic E-state index is 0.331. The van der Waals surface area contributed by atoms with Crippen molar-refractivity contribution in [3.8, 4) is 5.75 Å². The number of nitrogens with one attached hydrogen (secondary N) is 1. The van der Waals surface area contributed by atoms with Gasteiger partial charge in [-0.15, -0.1) is 5.10 Å². The normalized spacial score (nSPS) is 15.5. The molecule has 3 rings (SSSR count). The number of carbonyl (C=O) groups is 1. The Labute approximate surface area is 182 Å². The Bertz CT molecular complexity index is 892. The summed E-state index contributed by atoms with van der Waals surface area (Å²) in [6, 6.07) is 7.41. The van der Waals surface area contributed by atoms with E-state index in [1.54, 1.807) is 16.4 Å². The van der Waals surface area contributed by atoms with Gasteiger partial charge in [0, 0.05) is 11.4 Å². The third-order valence-electron chi connectivity index (χ3n) is 4.59. The molecule has 2 heterocycles. The maximum Gasteiger partial charge on any atom is 0.338 e. The van der Waals surface area contributed by atoms with Crippen LogP contribution < -0.4 is 10.1 Å². The van der Waals surface area contributed by atoms with Crippen LogP contribution in [0.3, 0.4) is 0 Å². The molecule has 0 spiro atoms. The number of anilines is 1. The second-order valence-corrected chi connectivity index (χ2v) is 8.19.